The summed E-state index contributed by atoms with van der Waals surface area (Å²) in [5, 5.41) is 1.33. The van der Waals surface area contributed by atoms with E-state index in [-0.39, 0.29) is 0 Å². The molecule has 11 heavy (non-hydrogen) atoms. The lowest BCUT2D eigenvalue weighted by Crippen LogP contribution is -1.83. The van der Waals surface area contributed by atoms with Gasteiger partial charge in [0.1, 0.15) is 0 Å². The van der Waals surface area contributed by atoms with E-state index < -0.39 is 0 Å². The fraction of sp³-hybridized carbons (Fsp3) is 0.333. The number of aryl methyl sites for hydroxylation is 2. The molecule has 60 valence electrons. The molecule has 1 aromatic carbocycles. The molecule has 0 heterocycles. The summed E-state index contributed by atoms with van der Waals surface area (Å²) in [5.74, 6) is 0. The highest BCUT2D eigenvalue weighted by molar-refractivity contribution is 6.42. The maximum absolute atomic E-state index is 5.87. The number of halogens is 2. The molecule has 0 unspecified atom stereocenters. The molecule has 0 aromatic heterocycles. The van der Waals surface area contributed by atoms with Crippen molar-refractivity contribution in [2.24, 2.45) is 0 Å². The summed E-state index contributed by atoms with van der Waals surface area (Å²) in [7, 11) is 0. The third kappa shape index (κ3) is 1.88. The Kier molecular flexibility index (Phi) is 2.80. The van der Waals surface area contributed by atoms with Crippen LogP contribution in [-0.4, -0.2) is 0 Å². The highest BCUT2D eigenvalue weighted by atomic mass is 35.5. The van der Waals surface area contributed by atoms with E-state index in [9.17, 15) is 0 Å². The Bertz CT molecular complexity index is 243. The second-order valence-electron chi connectivity index (χ2n) is 2.56. The van der Waals surface area contributed by atoms with Gasteiger partial charge in [0, 0.05) is 0 Å². The second kappa shape index (κ2) is 3.46. The normalized spacial score (nSPS) is 10.2. The van der Waals surface area contributed by atoms with Crippen LogP contribution >= 0.6 is 23.2 Å². The Morgan fingerprint density at radius 2 is 1.91 bits per heavy atom. The van der Waals surface area contributed by atoms with Crippen molar-refractivity contribution in [1.82, 2.24) is 0 Å². The maximum Gasteiger partial charge on any atom is 0.0621 e. The molecule has 1 rings (SSSR count). The molecule has 0 aliphatic heterocycles. The molecule has 1 aromatic rings. The summed E-state index contributed by atoms with van der Waals surface area (Å²) in [5.41, 5.74) is 2.29. The number of hydrogen-bond donors (Lipinski definition) is 0. The van der Waals surface area contributed by atoms with Crippen LogP contribution in [0.5, 0.6) is 0 Å². The third-order valence-corrected chi connectivity index (χ3v) is 2.57. The van der Waals surface area contributed by atoms with Gasteiger partial charge in [-0.3, -0.25) is 0 Å². The molecule has 0 radical (unpaired) electrons. The Hall–Kier alpha value is -0.200. The van der Waals surface area contributed by atoms with E-state index in [0.717, 1.165) is 12.0 Å². The molecule has 0 bridgehead atoms. The van der Waals surface area contributed by atoms with Crippen LogP contribution in [0.4, 0.5) is 0 Å². The lowest BCUT2D eigenvalue weighted by atomic mass is 10.1. The summed E-state index contributed by atoms with van der Waals surface area (Å²) >= 11 is 11.7. The van der Waals surface area contributed by atoms with Gasteiger partial charge >= 0.3 is 0 Å². The van der Waals surface area contributed by atoms with Crippen molar-refractivity contribution >= 4 is 23.2 Å². The first-order valence-corrected chi connectivity index (χ1v) is 4.35. The van der Waals surface area contributed by atoms with Crippen LogP contribution < -0.4 is 0 Å². The van der Waals surface area contributed by atoms with Crippen LogP contribution in [0.25, 0.3) is 0 Å². The summed E-state index contributed by atoms with van der Waals surface area (Å²) in [6.07, 6.45) is 0.998. The summed E-state index contributed by atoms with van der Waals surface area (Å²) in [4.78, 5) is 0. The number of hydrogen-bond acceptors (Lipinski definition) is 0. The Balaban J connectivity index is 3.21. The highest BCUT2D eigenvalue weighted by Gasteiger charge is 2.01. The lowest BCUT2D eigenvalue weighted by molar-refractivity contribution is 1.13. The lowest BCUT2D eigenvalue weighted by Gasteiger charge is -2.03. The first kappa shape index (κ1) is 8.89. The van der Waals surface area contributed by atoms with Gasteiger partial charge in [-0.25, -0.2) is 0 Å². The Morgan fingerprint density at radius 1 is 1.27 bits per heavy atom. The van der Waals surface area contributed by atoms with Crippen molar-refractivity contribution in [3.63, 3.8) is 0 Å². The van der Waals surface area contributed by atoms with Crippen molar-refractivity contribution in [1.29, 1.82) is 0 Å². The van der Waals surface area contributed by atoms with Crippen LogP contribution in [0, 0.1) is 6.92 Å². The monoisotopic (exact) mass is 188 g/mol. The van der Waals surface area contributed by atoms with E-state index >= 15 is 0 Å². The zero-order chi connectivity index (χ0) is 8.43. The molecule has 0 spiro atoms. The molecule has 0 saturated heterocycles. The predicted molar refractivity (Wildman–Crippen MR) is 50.6 cm³/mol. The van der Waals surface area contributed by atoms with E-state index in [4.69, 9.17) is 23.2 Å². The fourth-order valence-corrected chi connectivity index (χ4v) is 1.40. The quantitative estimate of drug-likeness (QED) is 0.629. The Labute approximate surface area is 77.1 Å². The van der Waals surface area contributed by atoms with Gasteiger partial charge in [0.25, 0.3) is 0 Å². The molecule has 0 amide bonds. The predicted octanol–water partition coefficient (Wildman–Crippen LogP) is 3.86. The van der Waals surface area contributed by atoms with Gasteiger partial charge in [0.05, 0.1) is 10.0 Å². The Morgan fingerprint density at radius 3 is 2.36 bits per heavy atom. The first-order chi connectivity index (χ1) is 5.15. The minimum Gasteiger partial charge on any atom is -0.0827 e. The van der Waals surface area contributed by atoms with Crippen LogP contribution in [-0.2, 0) is 6.42 Å². The summed E-state index contributed by atoms with van der Waals surface area (Å²) in [6, 6.07) is 3.98. The molecule has 0 fully saturated rings. The molecular formula is C9H10Cl2. The molecule has 0 atom stereocenters. The minimum absolute atomic E-state index is 0.656. The molecular weight excluding hydrogens is 179 g/mol. The van der Waals surface area contributed by atoms with E-state index in [1.165, 1.54) is 5.56 Å². The highest BCUT2D eigenvalue weighted by Crippen LogP contribution is 2.26. The first-order valence-electron chi connectivity index (χ1n) is 3.59. The van der Waals surface area contributed by atoms with Gasteiger partial charge in [-0.05, 0) is 30.5 Å². The summed E-state index contributed by atoms with van der Waals surface area (Å²) in [6.45, 7) is 4.06. The van der Waals surface area contributed by atoms with E-state index in [1.807, 2.05) is 13.0 Å². The topological polar surface area (TPSA) is 0 Å². The SMILES string of the molecule is CCc1cc(C)c(Cl)c(Cl)c1. The van der Waals surface area contributed by atoms with Gasteiger partial charge in [-0.2, -0.15) is 0 Å². The van der Waals surface area contributed by atoms with Gasteiger partial charge in [0.15, 0.2) is 0 Å². The standard InChI is InChI=1S/C9H10Cl2/c1-3-7-4-6(2)9(11)8(10)5-7/h4-5H,3H2,1-2H3. The fourth-order valence-electron chi connectivity index (χ4n) is 1.00. The molecule has 0 saturated carbocycles. The van der Waals surface area contributed by atoms with Crippen molar-refractivity contribution in [3.8, 4) is 0 Å². The zero-order valence-electron chi connectivity index (χ0n) is 6.62. The van der Waals surface area contributed by atoms with Crippen LogP contribution in [0.15, 0.2) is 12.1 Å². The van der Waals surface area contributed by atoms with E-state index in [2.05, 4.69) is 13.0 Å². The molecule has 0 aliphatic carbocycles. The number of benzene rings is 1. The van der Waals surface area contributed by atoms with Gasteiger partial charge in [0.2, 0.25) is 0 Å². The second-order valence-corrected chi connectivity index (χ2v) is 3.35. The van der Waals surface area contributed by atoms with Crippen LogP contribution in [0.1, 0.15) is 18.1 Å². The van der Waals surface area contributed by atoms with Gasteiger partial charge in [-0.15, -0.1) is 0 Å². The van der Waals surface area contributed by atoms with Crippen LogP contribution in [0.2, 0.25) is 10.0 Å². The van der Waals surface area contributed by atoms with Crippen molar-refractivity contribution < 1.29 is 0 Å². The van der Waals surface area contributed by atoms with Crippen LogP contribution in [0.3, 0.4) is 0 Å². The largest absolute Gasteiger partial charge is 0.0827 e. The summed E-state index contributed by atoms with van der Waals surface area (Å²) < 4.78 is 0. The smallest absolute Gasteiger partial charge is 0.0621 e. The number of rotatable bonds is 1. The third-order valence-electron chi connectivity index (χ3n) is 1.68. The molecule has 0 N–H and O–H groups in total. The van der Waals surface area contributed by atoms with Gasteiger partial charge < -0.3 is 0 Å². The molecule has 0 nitrogen and oxygen atoms in total. The van der Waals surface area contributed by atoms with Crippen molar-refractivity contribution in [2.45, 2.75) is 20.3 Å². The molecule has 0 aliphatic rings. The van der Waals surface area contributed by atoms with E-state index in [1.54, 1.807) is 0 Å². The zero-order valence-corrected chi connectivity index (χ0v) is 8.13. The minimum atomic E-state index is 0.656. The van der Waals surface area contributed by atoms with Gasteiger partial charge in [-0.1, -0.05) is 36.2 Å². The average Bonchev–Trinajstić information content (AvgIpc) is 1.99. The van der Waals surface area contributed by atoms with Crippen molar-refractivity contribution in [2.75, 3.05) is 0 Å². The maximum atomic E-state index is 5.87. The average molecular weight is 189 g/mol. The van der Waals surface area contributed by atoms with Crippen molar-refractivity contribution in [3.05, 3.63) is 33.3 Å². The molecule has 2 heteroatoms. The van der Waals surface area contributed by atoms with E-state index in [0.29, 0.717) is 10.0 Å².